The van der Waals surface area contributed by atoms with Crippen LogP contribution >= 0.6 is 0 Å². The van der Waals surface area contributed by atoms with Crippen LogP contribution in [0.25, 0.3) is 5.65 Å². The van der Waals surface area contributed by atoms with Gasteiger partial charge in [0, 0.05) is 44.1 Å². The van der Waals surface area contributed by atoms with Crippen LogP contribution in [0.4, 0.5) is 0 Å². The van der Waals surface area contributed by atoms with Gasteiger partial charge >= 0.3 is 0 Å². The van der Waals surface area contributed by atoms with E-state index < -0.39 is 0 Å². The first-order valence-corrected chi connectivity index (χ1v) is 10.5. The Morgan fingerprint density at radius 3 is 2.45 bits per heavy atom. The second-order valence-corrected chi connectivity index (χ2v) is 7.86. The van der Waals surface area contributed by atoms with E-state index >= 15 is 0 Å². The van der Waals surface area contributed by atoms with Crippen LogP contribution < -0.4 is 0 Å². The molecule has 6 nitrogen and oxygen atoms in total. The number of hydrogen-bond donors (Lipinski definition) is 0. The Morgan fingerprint density at radius 2 is 1.71 bits per heavy atom. The van der Waals surface area contributed by atoms with Crippen molar-refractivity contribution in [1.82, 2.24) is 24.2 Å². The van der Waals surface area contributed by atoms with Crippen LogP contribution in [0, 0.1) is 0 Å². The summed E-state index contributed by atoms with van der Waals surface area (Å²) in [6, 6.07) is 21.8. The van der Waals surface area contributed by atoms with Gasteiger partial charge in [-0.2, -0.15) is 0 Å². The van der Waals surface area contributed by atoms with Gasteiger partial charge in [0.25, 0.3) is 5.91 Å². The first-order valence-electron chi connectivity index (χ1n) is 10.5. The molecule has 1 aromatic carbocycles. The molecule has 0 saturated heterocycles. The monoisotopic (exact) mass is 413 g/mol. The molecule has 3 heterocycles. The molecular weight excluding hydrogens is 386 g/mol. The van der Waals surface area contributed by atoms with Crippen LogP contribution in [0.5, 0.6) is 0 Å². The van der Waals surface area contributed by atoms with Gasteiger partial charge in [0.05, 0.1) is 5.69 Å². The highest BCUT2D eigenvalue weighted by molar-refractivity contribution is 5.94. The van der Waals surface area contributed by atoms with Crippen LogP contribution in [0.2, 0.25) is 0 Å². The Hall–Kier alpha value is -3.51. The zero-order chi connectivity index (χ0) is 21.6. The summed E-state index contributed by atoms with van der Waals surface area (Å²) in [5.41, 5.74) is 4.26. The molecule has 6 heteroatoms. The number of imidazole rings is 1. The van der Waals surface area contributed by atoms with Crippen molar-refractivity contribution in [2.75, 3.05) is 20.6 Å². The van der Waals surface area contributed by atoms with Gasteiger partial charge in [-0.05, 0) is 43.9 Å². The summed E-state index contributed by atoms with van der Waals surface area (Å²) in [6.45, 7) is 1.73. The quantitative estimate of drug-likeness (QED) is 0.442. The molecule has 158 valence electrons. The number of fused-ring (bicyclic) bond motifs is 1. The van der Waals surface area contributed by atoms with E-state index in [1.807, 2.05) is 96.3 Å². The minimum absolute atomic E-state index is 0.0552. The standard InChI is InChI=1S/C25H27N5O/c1-28(2)19-22-24(27-23-13-7-9-16-30(22)23)25(31)29(18-20-10-4-3-5-11-20)17-14-21-12-6-8-15-26-21/h3-13,15-16H,14,17-19H2,1-2H3. The molecule has 0 saturated carbocycles. The van der Waals surface area contributed by atoms with E-state index in [-0.39, 0.29) is 5.91 Å². The lowest BCUT2D eigenvalue weighted by Gasteiger charge is -2.23. The Bertz CT molecular complexity index is 1140. The predicted octanol–water partition coefficient (Wildman–Crippen LogP) is 3.68. The second-order valence-electron chi connectivity index (χ2n) is 7.86. The van der Waals surface area contributed by atoms with Gasteiger partial charge in [0.2, 0.25) is 0 Å². The van der Waals surface area contributed by atoms with Crippen LogP contribution in [-0.4, -0.2) is 50.7 Å². The molecule has 0 aliphatic rings. The van der Waals surface area contributed by atoms with Crippen molar-refractivity contribution >= 4 is 11.6 Å². The van der Waals surface area contributed by atoms with E-state index in [2.05, 4.69) is 9.88 Å². The highest BCUT2D eigenvalue weighted by atomic mass is 16.2. The number of pyridine rings is 2. The molecule has 0 aliphatic heterocycles. The fourth-order valence-electron chi connectivity index (χ4n) is 3.67. The minimum Gasteiger partial charge on any atom is -0.333 e. The smallest absolute Gasteiger partial charge is 0.274 e. The van der Waals surface area contributed by atoms with Crippen molar-refractivity contribution in [2.45, 2.75) is 19.5 Å². The third-order valence-corrected chi connectivity index (χ3v) is 5.16. The molecule has 0 spiro atoms. The summed E-state index contributed by atoms with van der Waals surface area (Å²) in [7, 11) is 4.00. The maximum atomic E-state index is 13.8. The van der Waals surface area contributed by atoms with E-state index in [0.717, 1.165) is 22.6 Å². The average molecular weight is 414 g/mol. The van der Waals surface area contributed by atoms with Crippen molar-refractivity contribution in [3.05, 3.63) is 102 Å². The lowest BCUT2D eigenvalue weighted by atomic mass is 10.1. The second kappa shape index (κ2) is 9.53. The van der Waals surface area contributed by atoms with Crippen LogP contribution in [0.1, 0.15) is 27.4 Å². The van der Waals surface area contributed by atoms with Gasteiger partial charge in [0.1, 0.15) is 5.65 Å². The summed E-state index contributed by atoms with van der Waals surface area (Å²) in [4.78, 5) is 26.8. The Labute approximate surface area is 182 Å². The van der Waals surface area contributed by atoms with Crippen molar-refractivity contribution in [3.8, 4) is 0 Å². The number of carbonyl (C=O) groups excluding carboxylic acids is 1. The summed E-state index contributed by atoms with van der Waals surface area (Å²) in [5.74, 6) is -0.0552. The van der Waals surface area contributed by atoms with E-state index in [1.165, 1.54) is 0 Å². The molecular formula is C25H27N5O. The summed E-state index contributed by atoms with van der Waals surface area (Å²) in [6.07, 6.45) is 4.44. The third-order valence-electron chi connectivity index (χ3n) is 5.16. The minimum atomic E-state index is -0.0552. The highest BCUT2D eigenvalue weighted by Gasteiger charge is 2.24. The predicted molar refractivity (Wildman–Crippen MR) is 122 cm³/mol. The Balaban J connectivity index is 1.67. The van der Waals surface area contributed by atoms with Crippen molar-refractivity contribution < 1.29 is 4.79 Å². The molecule has 0 radical (unpaired) electrons. The number of amides is 1. The SMILES string of the molecule is CN(C)Cc1c(C(=O)N(CCc2ccccn2)Cc2ccccc2)nc2ccccn12. The zero-order valence-corrected chi connectivity index (χ0v) is 18.0. The van der Waals surface area contributed by atoms with Crippen molar-refractivity contribution in [3.63, 3.8) is 0 Å². The molecule has 4 rings (SSSR count). The van der Waals surface area contributed by atoms with E-state index in [9.17, 15) is 4.79 Å². The van der Waals surface area contributed by atoms with Gasteiger partial charge in [-0.15, -0.1) is 0 Å². The van der Waals surface area contributed by atoms with Gasteiger partial charge in [-0.25, -0.2) is 4.98 Å². The van der Waals surface area contributed by atoms with E-state index in [1.54, 1.807) is 6.20 Å². The highest BCUT2D eigenvalue weighted by Crippen LogP contribution is 2.18. The molecule has 0 N–H and O–H groups in total. The fourth-order valence-corrected chi connectivity index (χ4v) is 3.67. The molecule has 0 unspecified atom stereocenters. The van der Waals surface area contributed by atoms with E-state index in [0.29, 0.717) is 31.7 Å². The first kappa shape index (κ1) is 20.8. The normalized spacial score (nSPS) is 11.2. The zero-order valence-electron chi connectivity index (χ0n) is 18.0. The first-order chi connectivity index (χ1) is 15.1. The summed E-state index contributed by atoms with van der Waals surface area (Å²) < 4.78 is 2.01. The number of rotatable bonds is 8. The number of hydrogen-bond acceptors (Lipinski definition) is 4. The molecule has 4 aromatic rings. The molecule has 3 aromatic heterocycles. The lowest BCUT2D eigenvalue weighted by molar-refractivity contribution is 0.0737. The summed E-state index contributed by atoms with van der Waals surface area (Å²) in [5, 5.41) is 0. The lowest BCUT2D eigenvalue weighted by Crippen LogP contribution is -2.34. The number of aromatic nitrogens is 3. The fraction of sp³-hybridized carbons (Fsp3) is 0.240. The molecule has 0 bridgehead atoms. The van der Waals surface area contributed by atoms with Gasteiger partial charge in [-0.1, -0.05) is 42.5 Å². The maximum absolute atomic E-state index is 13.8. The molecule has 0 fully saturated rings. The van der Waals surface area contributed by atoms with Gasteiger partial charge in [-0.3, -0.25) is 9.78 Å². The van der Waals surface area contributed by atoms with Gasteiger partial charge < -0.3 is 14.2 Å². The number of benzene rings is 1. The Kier molecular flexibility index (Phi) is 6.38. The number of carbonyl (C=O) groups is 1. The van der Waals surface area contributed by atoms with Crippen LogP contribution in [0.15, 0.2) is 79.1 Å². The van der Waals surface area contributed by atoms with Crippen LogP contribution in [0.3, 0.4) is 0 Å². The Morgan fingerprint density at radius 1 is 0.935 bits per heavy atom. The molecule has 0 atom stereocenters. The average Bonchev–Trinajstić information content (AvgIpc) is 3.15. The maximum Gasteiger partial charge on any atom is 0.274 e. The van der Waals surface area contributed by atoms with E-state index in [4.69, 9.17) is 4.98 Å². The molecule has 31 heavy (non-hydrogen) atoms. The van der Waals surface area contributed by atoms with Crippen molar-refractivity contribution in [1.29, 1.82) is 0 Å². The van der Waals surface area contributed by atoms with Crippen LogP contribution in [-0.2, 0) is 19.5 Å². The van der Waals surface area contributed by atoms with Gasteiger partial charge in [0.15, 0.2) is 5.69 Å². The summed E-state index contributed by atoms with van der Waals surface area (Å²) >= 11 is 0. The number of nitrogens with zero attached hydrogens (tertiary/aromatic N) is 5. The largest absolute Gasteiger partial charge is 0.333 e. The van der Waals surface area contributed by atoms with Crippen molar-refractivity contribution in [2.24, 2.45) is 0 Å². The molecule has 1 amide bonds. The topological polar surface area (TPSA) is 53.7 Å². The third kappa shape index (κ3) is 4.98. The molecule has 0 aliphatic carbocycles.